The summed E-state index contributed by atoms with van der Waals surface area (Å²) in [4.78, 5) is 28.1. The molecule has 0 spiro atoms. The van der Waals surface area contributed by atoms with E-state index in [0.717, 1.165) is 38.2 Å². The minimum atomic E-state index is -0.355. The number of nitrogens with one attached hydrogen (secondary N) is 1. The summed E-state index contributed by atoms with van der Waals surface area (Å²) in [6.07, 6.45) is 1.09. The van der Waals surface area contributed by atoms with Gasteiger partial charge in [0.2, 0.25) is 5.91 Å². The monoisotopic (exact) mass is 394 g/mol. The van der Waals surface area contributed by atoms with Gasteiger partial charge in [-0.25, -0.2) is 4.79 Å². The maximum absolute atomic E-state index is 12.6. The van der Waals surface area contributed by atoms with E-state index in [-0.39, 0.29) is 11.7 Å². The first kappa shape index (κ1) is 19.5. The summed E-state index contributed by atoms with van der Waals surface area (Å²) in [5.41, 5.74) is 4.11. The zero-order valence-electron chi connectivity index (χ0n) is 16.9. The first-order valence-corrected chi connectivity index (χ1v) is 10.4. The highest BCUT2D eigenvalue weighted by Gasteiger charge is 2.23. The molecule has 152 valence electrons. The summed E-state index contributed by atoms with van der Waals surface area (Å²) >= 11 is 0. The van der Waals surface area contributed by atoms with Crippen LogP contribution in [-0.4, -0.2) is 41.6 Å². The van der Waals surface area contributed by atoms with Crippen molar-refractivity contribution < 1.29 is 14.1 Å². The first-order valence-electron chi connectivity index (χ1n) is 10.4. The highest BCUT2D eigenvalue weighted by atomic mass is 16.4. The molecule has 6 nitrogen and oxygen atoms in total. The van der Waals surface area contributed by atoms with Gasteiger partial charge in [-0.1, -0.05) is 36.4 Å². The Bertz CT molecular complexity index is 1040. The smallest absolute Gasteiger partial charge is 0.408 e. The number of aryl methyl sites for hydroxylation is 2. The Morgan fingerprint density at radius 2 is 1.79 bits per heavy atom. The van der Waals surface area contributed by atoms with Crippen LogP contribution in [0.1, 0.15) is 24.0 Å². The molecule has 0 radical (unpaired) electrons. The van der Waals surface area contributed by atoms with E-state index in [0.29, 0.717) is 25.0 Å². The lowest BCUT2D eigenvalue weighted by atomic mass is 10.1. The lowest BCUT2D eigenvalue weighted by Gasteiger charge is -2.32. The summed E-state index contributed by atoms with van der Waals surface area (Å²) in [5.74, 6) is -0.173. The van der Waals surface area contributed by atoms with Crippen molar-refractivity contribution in [3.63, 3.8) is 0 Å². The van der Waals surface area contributed by atoms with E-state index in [1.807, 2.05) is 23.1 Å². The molecule has 1 N–H and O–H groups in total. The number of carbonyl (C=O) groups excluding carboxylic acids is 1. The molecule has 6 heteroatoms. The van der Waals surface area contributed by atoms with Gasteiger partial charge >= 0.3 is 5.76 Å². The Kier molecular flexibility index (Phi) is 5.81. The Balaban J connectivity index is 1.25. The number of rotatable bonds is 6. The molecule has 0 unspecified atom stereocenters. The Morgan fingerprint density at radius 3 is 2.59 bits per heavy atom. The molecule has 0 atom stereocenters. The van der Waals surface area contributed by atoms with Crippen LogP contribution in [0.5, 0.6) is 0 Å². The van der Waals surface area contributed by atoms with Gasteiger partial charge in [-0.05, 0) is 31.0 Å². The zero-order valence-corrected chi connectivity index (χ0v) is 16.9. The van der Waals surface area contributed by atoms with Crippen molar-refractivity contribution >= 4 is 17.0 Å². The van der Waals surface area contributed by atoms with Gasteiger partial charge in [0.05, 0.1) is 31.7 Å². The minimum absolute atomic E-state index is 0.181. The van der Waals surface area contributed by atoms with Crippen LogP contribution in [0.4, 0.5) is 0 Å². The second kappa shape index (κ2) is 8.66. The van der Waals surface area contributed by atoms with Crippen molar-refractivity contribution in [1.82, 2.24) is 9.47 Å². The average molecular weight is 394 g/mol. The van der Waals surface area contributed by atoms with E-state index in [1.54, 1.807) is 10.6 Å². The number of aromatic nitrogens is 1. The standard InChI is InChI=1S/C23H27N3O3/c1-18-7-2-3-8-19(18)17-24-13-15-25(16-14-24)22(27)11-6-12-26-20-9-4-5-10-21(20)29-23(26)28/h2-5,7-10H,6,11-17H2,1H3/p+1. The Labute approximate surface area is 170 Å². The molecule has 4 rings (SSSR count). The van der Waals surface area contributed by atoms with Crippen molar-refractivity contribution in [2.45, 2.75) is 32.9 Å². The molecule has 2 aromatic carbocycles. The van der Waals surface area contributed by atoms with Gasteiger partial charge < -0.3 is 14.2 Å². The number of fused-ring (bicyclic) bond motifs is 1. The van der Waals surface area contributed by atoms with Gasteiger partial charge in [-0.3, -0.25) is 9.36 Å². The van der Waals surface area contributed by atoms with Crippen molar-refractivity contribution in [2.24, 2.45) is 0 Å². The van der Waals surface area contributed by atoms with Crippen LogP contribution in [0.15, 0.2) is 57.7 Å². The van der Waals surface area contributed by atoms with Crippen LogP contribution in [0, 0.1) is 6.92 Å². The fourth-order valence-electron chi connectivity index (χ4n) is 4.10. The van der Waals surface area contributed by atoms with Gasteiger partial charge in [0.1, 0.15) is 6.54 Å². The number of amides is 1. The molecule has 0 saturated carbocycles. The largest absolute Gasteiger partial charge is 0.419 e. The van der Waals surface area contributed by atoms with Crippen LogP contribution < -0.4 is 10.7 Å². The number of oxazole rings is 1. The van der Waals surface area contributed by atoms with Gasteiger partial charge in [-0.2, -0.15) is 0 Å². The highest BCUT2D eigenvalue weighted by molar-refractivity contribution is 5.76. The third kappa shape index (κ3) is 4.43. The van der Waals surface area contributed by atoms with E-state index in [1.165, 1.54) is 16.0 Å². The molecule has 1 fully saturated rings. The normalized spacial score (nSPS) is 15.1. The molecule has 3 aromatic rings. The predicted octanol–water partition coefficient (Wildman–Crippen LogP) is 1.61. The highest BCUT2D eigenvalue weighted by Crippen LogP contribution is 2.13. The molecule has 1 aliphatic rings. The third-order valence-electron chi connectivity index (χ3n) is 5.87. The third-order valence-corrected chi connectivity index (χ3v) is 5.87. The number of nitrogens with zero attached hydrogens (tertiary/aromatic N) is 2. The van der Waals surface area contributed by atoms with Crippen LogP contribution >= 0.6 is 0 Å². The van der Waals surface area contributed by atoms with E-state index in [4.69, 9.17) is 4.42 Å². The molecule has 29 heavy (non-hydrogen) atoms. The fraction of sp³-hybridized carbons (Fsp3) is 0.391. The van der Waals surface area contributed by atoms with E-state index in [2.05, 4.69) is 31.2 Å². The van der Waals surface area contributed by atoms with Crippen molar-refractivity contribution in [1.29, 1.82) is 0 Å². The van der Waals surface area contributed by atoms with Crippen LogP contribution in [0.25, 0.3) is 11.1 Å². The summed E-state index contributed by atoms with van der Waals surface area (Å²) in [6.45, 7) is 7.23. The van der Waals surface area contributed by atoms with Gasteiger partial charge in [0, 0.05) is 18.5 Å². The molecule has 2 heterocycles. The van der Waals surface area contributed by atoms with Crippen LogP contribution in [-0.2, 0) is 17.9 Å². The average Bonchev–Trinajstić information content (AvgIpc) is 3.05. The number of para-hydroxylation sites is 2. The number of carbonyl (C=O) groups is 1. The molecular weight excluding hydrogens is 366 g/mol. The molecule has 1 aliphatic heterocycles. The first-order chi connectivity index (χ1) is 14.1. The maximum Gasteiger partial charge on any atom is 0.419 e. The SMILES string of the molecule is Cc1ccccc1C[NH+]1CCN(C(=O)CCCn2c(=O)oc3ccccc32)CC1. The summed E-state index contributed by atoms with van der Waals surface area (Å²) in [6, 6.07) is 15.9. The minimum Gasteiger partial charge on any atom is -0.408 e. The van der Waals surface area contributed by atoms with Gasteiger partial charge in [0.25, 0.3) is 0 Å². The molecule has 0 aliphatic carbocycles. The second-order valence-corrected chi connectivity index (χ2v) is 7.82. The molecule has 0 bridgehead atoms. The summed E-state index contributed by atoms with van der Waals surface area (Å²) < 4.78 is 6.87. The Hall–Kier alpha value is -2.86. The topological polar surface area (TPSA) is 59.9 Å². The lowest BCUT2D eigenvalue weighted by Crippen LogP contribution is -3.13. The number of piperazine rings is 1. The van der Waals surface area contributed by atoms with E-state index >= 15 is 0 Å². The molecule has 1 saturated heterocycles. The maximum atomic E-state index is 12.6. The molecule has 1 amide bonds. The van der Waals surface area contributed by atoms with Crippen LogP contribution in [0.2, 0.25) is 0 Å². The molecular formula is C23H28N3O3+. The quantitative estimate of drug-likeness (QED) is 0.691. The molecule has 1 aromatic heterocycles. The summed E-state index contributed by atoms with van der Waals surface area (Å²) in [7, 11) is 0. The van der Waals surface area contributed by atoms with Gasteiger partial charge in [0.15, 0.2) is 5.58 Å². The fourth-order valence-corrected chi connectivity index (χ4v) is 4.10. The number of hydrogen-bond acceptors (Lipinski definition) is 3. The summed E-state index contributed by atoms with van der Waals surface area (Å²) in [5, 5.41) is 0. The second-order valence-electron chi connectivity index (χ2n) is 7.82. The van der Waals surface area contributed by atoms with Crippen molar-refractivity contribution in [3.8, 4) is 0 Å². The van der Waals surface area contributed by atoms with Gasteiger partial charge in [-0.15, -0.1) is 0 Å². The van der Waals surface area contributed by atoms with E-state index in [9.17, 15) is 9.59 Å². The van der Waals surface area contributed by atoms with Crippen molar-refractivity contribution in [2.75, 3.05) is 26.2 Å². The number of hydrogen-bond donors (Lipinski definition) is 1. The zero-order chi connectivity index (χ0) is 20.2. The predicted molar refractivity (Wildman–Crippen MR) is 112 cm³/mol. The number of benzene rings is 2. The van der Waals surface area contributed by atoms with Crippen molar-refractivity contribution in [3.05, 3.63) is 70.2 Å². The Morgan fingerprint density at radius 1 is 1.07 bits per heavy atom. The van der Waals surface area contributed by atoms with E-state index < -0.39 is 0 Å². The number of quaternary nitrogens is 1. The lowest BCUT2D eigenvalue weighted by molar-refractivity contribution is -0.917. The van der Waals surface area contributed by atoms with Crippen LogP contribution in [0.3, 0.4) is 0 Å².